The lowest BCUT2D eigenvalue weighted by atomic mass is 9.98. The summed E-state index contributed by atoms with van der Waals surface area (Å²) in [5, 5.41) is 8.95. The predicted octanol–water partition coefficient (Wildman–Crippen LogP) is 5.40. The summed E-state index contributed by atoms with van der Waals surface area (Å²) < 4.78 is 0. The minimum atomic E-state index is -0.390. The van der Waals surface area contributed by atoms with E-state index in [1.807, 2.05) is 30.3 Å². The van der Waals surface area contributed by atoms with Gasteiger partial charge in [-0.05, 0) is 47.4 Å². The predicted molar refractivity (Wildman–Crippen MR) is 120 cm³/mol. The number of hydrogen-bond donors (Lipinski definition) is 2. The van der Waals surface area contributed by atoms with Crippen LogP contribution in [-0.4, -0.2) is 11.9 Å². The van der Waals surface area contributed by atoms with Crippen LogP contribution in [0.2, 0.25) is 0 Å². The van der Waals surface area contributed by atoms with Gasteiger partial charge in [0.05, 0.1) is 6.04 Å². The van der Waals surface area contributed by atoms with Gasteiger partial charge < -0.3 is 5.32 Å². The highest BCUT2D eigenvalue weighted by Gasteiger charge is 2.30. The third kappa shape index (κ3) is 5.14. The Labute approximate surface area is 177 Å². The highest BCUT2D eigenvalue weighted by Crippen LogP contribution is 2.30. The summed E-state index contributed by atoms with van der Waals surface area (Å²) >= 11 is 1.72. The van der Waals surface area contributed by atoms with Gasteiger partial charge in [0, 0.05) is 10.9 Å². The summed E-state index contributed by atoms with van der Waals surface area (Å²) in [7, 11) is 0. The van der Waals surface area contributed by atoms with E-state index in [2.05, 4.69) is 59.3 Å². The van der Waals surface area contributed by atoms with Crippen LogP contribution in [0.5, 0.6) is 0 Å². The SMILES string of the molecule is CCCc1ccc([C@H](N[C@@H](C(=O)NC2CC2)c2ccccc2)c2cccs2)cc1. The van der Waals surface area contributed by atoms with Crippen LogP contribution >= 0.6 is 11.3 Å². The fourth-order valence-corrected chi connectivity index (χ4v) is 4.42. The van der Waals surface area contributed by atoms with E-state index in [1.165, 1.54) is 16.0 Å². The molecule has 4 rings (SSSR count). The zero-order valence-corrected chi connectivity index (χ0v) is 17.6. The monoisotopic (exact) mass is 404 g/mol. The van der Waals surface area contributed by atoms with Crippen molar-refractivity contribution in [2.24, 2.45) is 0 Å². The molecule has 1 saturated carbocycles. The molecule has 4 heteroatoms. The Morgan fingerprint density at radius 1 is 1.00 bits per heavy atom. The van der Waals surface area contributed by atoms with Crippen LogP contribution in [0.25, 0.3) is 0 Å². The number of benzene rings is 2. The number of carbonyl (C=O) groups excluding carboxylic acids is 1. The first-order valence-corrected chi connectivity index (χ1v) is 11.4. The third-order valence-electron chi connectivity index (χ3n) is 5.33. The number of hydrogen-bond acceptors (Lipinski definition) is 3. The van der Waals surface area contributed by atoms with E-state index < -0.39 is 0 Å². The van der Waals surface area contributed by atoms with Crippen molar-refractivity contribution < 1.29 is 4.79 Å². The van der Waals surface area contributed by atoms with E-state index >= 15 is 0 Å². The zero-order valence-electron chi connectivity index (χ0n) is 16.8. The second kappa shape index (κ2) is 9.38. The molecule has 1 aromatic heterocycles. The van der Waals surface area contributed by atoms with Gasteiger partial charge in [0.2, 0.25) is 5.91 Å². The molecule has 0 unspecified atom stereocenters. The Balaban J connectivity index is 1.64. The summed E-state index contributed by atoms with van der Waals surface area (Å²) in [6.45, 7) is 2.20. The largest absolute Gasteiger partial charge is 0.352 e. The normalized spacial score (nSPS) is 15.6. The molecule has 1 heterocycles. The Kier molecular flexibility index (Phi) is 6.43. The van der Waals surface area contributed by atoms with Gasteiger partial charge in [-0.3, -0.25) is 10.1 Å². The van der Waals surface area contributed by atoms with Gasteiger partial charge in [0.15, 0.2) is 0 Å². The van der Waals surface area contributed by atoms with Gasteiger partial charge in [0.25, 0.3) is 0 Å². The molecule has 1 amide bonds. The van der Waals surface area contributed by atoms with Crippen LogP contribution in [0, 0.1) is 0 Å². The molecule has 2 N–H and O–H groups in total. The van der Waals surface area contributed by atoms with Gasteiger partial charge in [-0.25, -0.2) is 0 Å². The molecular formula is C25H28N2OS. The van der Waals surface area contributed by atoms with E-state index in [-0.39, 0.29) is 18.0 Å². The summed E-state index contributed by atoms with van der Waals surface area (Å²) in [5.74, 6) is 0.0582. The molecule has 2 atom stereocenters. The highest BCUT2D eigenvalue weighted by molar-refractivity contribution is 7.10. The maximum absolute atomic E-state index is 13.1. The van der Waals surface area contributed by atoms with Crippen molar-refractivity contribution in [1.82, 2.24) is 10.6 Å². The average molecular weight is 405 g/mol. The van der Waals surface area contributed by atoms with Crippen molar-refractivity contribution in [2.75, 3.05) is 0 Å². The maximum atomic E-state index is 13.1. The Morgan fingerprint density at radius 3 is 2.38 bits per heavy atom. The lowest BCUT2D eigenvalue weighted by Gasteiger charge is -2.26. The summed E-state index contributed by atoms with van der Waals surface area (Å²) in [4.78, 5) is 14.3. The topological polar surface area (TPSA) is 41.1 Å². The van der Waals surface area contributed by atoms with E-state index in [4.69, 9.17) is 0 Å². The second-order valence-corrected chi connectivity index (χ2v) is 8.71. The van der Waals surface area contributed by atoms with Crippen LogP contribution in [-0.2, 0) is 11.2 Å². The van der Waals surface area contributed by atoms with Gasteiger partial charge in [-0.15, -0.1) is 11.3 Å². The molecule has 3 nitrogen and oxygen atoms in total. The third-order valence-corrected chi connectivity index (χ3v) is 6.27. The maximum Gasteiger partial charge on any atom is 0.241 e. The number of thiophene rings is 1. The lowest BCUT2D eigenvalue weighted by Crippen LogP contribution is -2.40. The van der Waals surface area contributed by atoms with Crippen molar-refractivity contribution in [3.8, 4) is 0 Å². The Bertz CT molecular complexity index is 902. The average Bonchev–Trinajstić information content (AvgIpc) is 3.39. The molecule has 1 aliphatic carbocycles. The Hall–Kier alpha value is -2.43. The second-order valence-electron chi connectivity index (χ2n) is 7.73. The molecule has 0 radical (unpaired) electrons. The van der Waals surface area contributed by atoms with Crippen LogP contribution in [0.15, 0.2) is 72.1 Å². The van der Waals surface area contributed by atoms with E-state index in [0.717, 1.165) is 31.2 Å². The highest BCUT2D eigenvalue weighted by atomic mass is 32.1. The van der Waals surface area contributed by atoms with E-state index in [1.54, 1.807) is 11.3 Å². The van der Waals surface area contributed by atoms with Gasteiger partial charge in [-0.1, -0.05) is 74.0 Å². The van der Waals surface area contributed by atoms with Gasteiger partial charge >= 0.3 is 0 Å². The van der Waals surface area contributed by atoms with Gasteiger partial charge in [-0.2, -0.15) is 0 Å². The van der Waals surface area contributed by atoms with Crippen LogP contribution in [0.1, 0.15) is 59.8 Å². The number of aryl methyl sites for hydroxylation is 1. The standard InChI is InChI=1S/C25H28N2OS/c1-2-7-18-11-13-20(14-12-18)23(22-10-6-17-29-22)27-24(19-8-4-3-5-9-19)25(28)26-21-15-16-21/h3-6,8-14,17,21,23-24,27H,2,7,15-16H2,1H3,(H,26,28)/t23-,24+/m0/s1. The fourth-order valence-electron chi connectivity index (χ4n) is 3.61. The minimum absolute atomic E-state index is 0.0270. The smallest absolute Gasteiger partial charge is 0.241 e. The van der Waals surface area contributed by atoms with Crippen molar-refractivity contribution in [3.63, 3.8) is 0 Å². The number of amides is 1. The van der Waals surface area contributed by atoms with E-state index in [0.29, 0.717) is 6.04 Å². The lowest BCUT2D eigenvalue weighted by molar-refractivity contribution is -0.123. The van der Waals surface area contributed by atoms with Gasteiger partial charge in [0.1, 0.15) is 6.04 Å². The molecule has 2 aromatic carbocycles. The Morgan fingerprint density at radius 2 is 1.76 bits per heavy atom. The van der Waals surface area contributed by atoms with Crippen LogP contribution < -0.4 is 10.6 Å². The summed E-state index contributed by atoms with van der Waals surface area (Å²) in [5.41, 5.74) is 3.54. The fraction of sp³-hybridized carbons (Fsp3) is 0.320. The first kappa shape index (κ1) is 19.9. The van der Waals surface area contributed by atoms with Crippen molar-refractivity contribution in [1.29, 1.82) is 0 Å². The number of carbonyl (C=O) groups is 1. The zero-order chi connectivity index (χ0) is 20.1. The molecule has 3 aromatic rings. The van der Waals surface area contributed by atoms with Crippen molar-refractivity contribution in [2.45, 2.75) is 50.7 Å². The van der Waals surface area contributed by atoms with Crippen molar-refractivity contribution >= 4 is 17.2 Å². The van der Waals surface area contributed by atoms with Crippen molar-refractivity contribution in [3.05, 3.63) is 93.7 Å². The van der Waals surface area contributed by atoms with E-state index in [9.17, 15) is 4.79 Å². The number of nitrogens with one attached hydrogen (secondary N) is 2. The van der Waals surface area contributed by atoms with Crippen LogP contribution in [0.4, 0.5) is 0 Å². The molecule has 0 bridgehead atoms. The van der Waals surface area contributed by atoms with Crippen LogP contribution in [0.3, 0.4) is 0 Å². The summed E-state index contributed by atoms with van der Waals surface area (Å²) in [6.07, 6.45) is 4.40. The number of rotatable bonds is 9. The minimum Gasteiger partial charge on any atom is -0.352 e. The molecule has 0 spiro atoms. The molecule has 1 fully saturated rings. The first-order valence-electron chi connectivity index (χ1n) is 10.5. The first-order chi connectivity index (χ1) is 14.2. The molecule has 0 aliphatic heterocycles. The molecule has 0 saturated heterocycles. The molecule has 1 aliphatic rings. The summed E-state index contributed by atoms with van der Waals surface area (Å²) in [6, 6.07) is 23.0. The molecular weight excluding hydrogens is 376 g/mol. The quantitative estimate of drug-likeness (QED) is 0.501. The molecule has 29 heavy (non-hydrogen) atoms. The molecule has 150 valence electrons.